The Labute approximate surface area is 169 Å². The van der Waals surface area contributed by atoms with Crippen LogP contribution in [0.2, 0.25) is 0 Å². The second-order valence-corrected chi connectivity index (χ2v) is 6.48. The van der Waals surface area contributed by atoms with Crippen molar-refractivity contribution in [3.8, 4) is 0 Å². The van der Waals surface area contributed by atoms with Gasteiger partial charge in [-0.15, -0.1) is 24.0 Å². The number of hydrogen-bond acceptors (Lipinski definition) is 2. The first-order valence-corrected chi connectivity index (χ1v) is 8.37. The SMILES string of the molecule is CN=C(NCc1c(C)nn(C)c1C)N(C)Cc1ccccc1Br.I. The number of benzene rings is 1. The van der Waals surface area contributed by atoms with Crippen LogP contribution in [-0.2, 0) is 20.1 Å². The minimum absolute atomic E-state index is 0. The van der Waals surface area contributed by atoms with E-state index in [0.717, 1.165) is 29.2 Å². The lowest BCUT2D eigenvalue weighted by Crippen LogP contribution is -2.38. The molecule has 0 saturated heterocycles. The van der Waals surface area contributed by atoms with E-state index >= 15 is 0 Å². The topological polar surface area (TPSA) is 45.5 Å². The van der Waals surface area contributed by atoms with Gasteiger partial charge in [-0.3, -0.25) is 9.67 Å². The Morgan fingerprint density at radius 1 is 1.33 bits per heavy atom. The molecule has 2 aromatic rings. The van der Waals surface area contributed by atoms with Crippen molar-refractivity contribution >= 4 is 45.9 Å². The van der Waals surface area contributed by atoms with Crippen LogP contribution in [-0.4, -0.2) is 34.7 Å². The van der Waals surface area contributed by atoms with Gasteiger partial charge >= 0.3 is 0 Å². The second kappa shape index (κ2) is 9.41. The van der Waals surface area contributed by atoms with E-state index in [1.165, 1.54) is 16.8 Å². The maximum Gasteiger partial charge on any atom is 0.193 e. The van der Waals surface area contributed by atoms with Crippen LogP contribution in [0.15, 0.2) is 33.7 Å². The van der Waals surface area contributed by atoms with E-state index in [2.05, 4.69) is 55.3 Å². The van der Waals surface area contributed by atoms with Gasteiger partial charge in [-0.2, -0.15) is 5.10 Å². The average Bonchev–Trinajstić information content (AvgIpc) is 2.76. The lowest BCUT2D eigenvalue weighted by atomic mass is 10.2. The van der Waals surface area contributed by atoms with Crippen molar-refractivity contribution in [1.82, 2.24) is 20.0 Å². The molecular weight excluding hydrogens is 481 g/mol. The molecule has 0 amide bonds. The third-order valence-corrected chi connectivity index (χ3v) is 4.79. The third-order valence-electron chi connectivity index (χ3n) is 4.02. The zero-order valence-electron chi connectivity index (χ0n) is 14.8. The molecule has 0 saturated carbocycles. The van der Waals surface area contributed by atoms with Gasteiger partial charge in [0.05, 0.1) is 5.69 Å². The van der Waals surface area contributed by atoms with Gasteiger partial charge in [0.25, 0.3) is 0 Å². The van der Waals surface area contributed by atoms with E-state index in [4.69, 9.17) is 0 Å². The van der Waals surface area contributed by atoms with Gasteiger partial charge in [-0.25, -0.2) is 0 Å². The van der Waals surface area contributed by atoms with E-state index in [0.29, 0.717) is 0 Å². The molecule has 0 radical (unpaired) electrons. The number of nitrogens with zero attached hydrogens (tertiary/aromatic N) is 4. The Morgan fingerprint density at radius 2 is 2.00 bits per heavy atom. The van der Waals surface area contributed by atoms with Crippen molar-refractivity contribution in [3.63, 3.8) is 0 Å². The highest BCUT2D eigenvalue weighted by molar-refractivity contribution is 14.0. The zero-order chi connectivity index (χ0) is 17.0. The quantitative estimate of drug-likeness (QED) is 0.392. The molecule has 1 aromatic carbocycles. The van der Waals surface area contributed by atoms with Gasteiger partial charge in [0.2, 0.25) is 0 Å². The van der Waals surface area contributed by atoms with Gasteiger partial charge < -0.3 is 10.2 Å². The number of aromatic nitrogens is 2. The van der Waals surface area contributed by atoms with Crippen LogP contribution in [0.3, 0.4) is 0 Å². The van der Waals surface area contributed by atoms with Crippen LogP contribution in [0.25, 0.3) is 0 Å². The molecule has 1 N–H and O–H groups in total. The van der Waals surface area contributed by atoms with Gasteiger partial charge in [0.1, 0.15) is 0 Å². The standard InChI is InChI=1S/C17H24BrN5.HI/c1-12-15(13(2)23(5)21-12)10-20-17(19-3)22(4)11-14-8-6-7-9-16(14)18;/h6-9H,10-11H2,1-5H3,(H,19,20);1H. The molecule has 0 unspecified atom stereocenters. The van der Waals surface area contributed by atoms with Crippen molar-refractivity contribution < 1.29 is 0 Å². The molecule has 0 fully saturated rings. The summed E-state index contributed by atoms with van der Waals surface area (Å²) in [6.45, 7) is 5.63. The smallest absolute Gasteiger partial charge is 0.193 e. The summed E-state index contributed by atoms with van der Waals surface area (Å²) in [5, 5.41) is 7.88. The van der Waals surface area contributed by atoms with Crippen LogP contribution in [0.1, 0.15) is 22.5 Å². The number of halogens is 2. The van der Waals surface area contributed by atoms with Gasteiger partial charge in [0.15, 0.2) is 5.96 Å². The van der Waals surface area contributed by atoms with Gasteiger partial charge in [-0.1, -0.05) is 34.1 Å². The highest BCUT2D eigenvalue weighted by atomic mass is 127. The first-order chi connectivity index (χ1) is 10.9. The second-order valence-electron chi connectivity index (χ2n) is 5.62. The molecule has 1 aromatic heterocycles. The summed E-state index contributed by atoms with van der Waals surface area (Å²) in [5.41, 5.74) is 4.69. The van der Waals surface area contributed by atoms with Crippen molar-refractivity contribution in [2.24, 2.45) is 12.0 Å². The Kier molecular flexibility index (Phi) is 8.21. The third kappa shape index (κ3) is 4.95. The van der Waals surface area contributed by atoms with Crippen LogP contribution >= 0.6 is 39.9 Å². The molecule has 24 heavy (non-hydrogen) atoms. The van der Waals surface area contributed by atoms with Gasteiger partial charge in [0, 0.05) is 50.0 Å². The fraction of sp³-hybridized carbons (Fsp3) is 0.412. The van der Waals surface area contributed by atoms with E-state index in [-0.39, 0.29) is 24.0 Å². The first-order valence-electron chi connectivity index (χ1n) is 7.58. The zero-order valence-corrected chi connectivity index (χ0v) is 18.7. The maximum absolute atomic E-state index is 4.46. The van der Waals surface area contributed by atoms with Crippen LogP contribution in [0.5, 0.6) is 0 Å². The number of rotatable bonds is 4. The van der Waals surface area contributed by atoms with Crippen molar-refractivity contribution in [3.05, 3.63) is 51.3 Å². The number of guanidine groups is 1. The van der Waals surface area contributed by atoms with E-state index < -0.39 is 0 Å². The summed E-state index contributed by atoms with van der Waals surface area (Å²) >= 11 is 3.60. The lowest BCUT2D eigenvalue weighted by molar-refractivity contribution is 0.475. The summed E-state index contributed by atoms with van der Waals surface area (Å²) in [4.78, 5) is 6.50. The van der Waals surface area contributed by atoms with Crippen LogP contribution in [0.4, 0.5) is 0 Å². The molecule has 132 valence electrons. The highest BCUT2D eigenvalue weighted by Gasteiger charge is 2.12. The number of aryl methyl sites for hydroxylation is 2. The summed E-state index contributed by atoms with van der Waals surface area (Å²) < 4.78 is 3.03. The average molecular weight is 506 g/mol. The minimum atomic E-state index is 0. The molecule has 7 heteroatoms. The monoisotopic (exact) mass is 505 g/mol. The summed E-state index contributed by atoms with van der Waals surface area (Å²) in [6, 6.07) is 8.24. The molecule has 1 heterocycles. The Bertz CT molecular complexity index is 711. The van der Waals surface area contributed by atoms with E-state index in [1.807, 2.05) is 44.9 Å². The fourth-order valence-corrected chi connectivity index (χ4v) is 2.99. The maximum atomic E-state index is 4.46. The number of nitrogens with one attached hydrogen (secondary N) is 1. The predicted molar refractivity (Wildman–Crippen MR) is 114 cm³/mol. The molecule has 0 aliphatic rings. The van der Waals surface area contributed by atoms with Crippen molar-refractivity contribution in [2.45, 2.75) is 26.9 Å². The lowest BCUT2D eigenvalue weighted by Gasteiger charge is -2.22. The normalized spacial score (nSPS) is 11.2. The molecule has 5 nitrogen and oxygen atoms in total. The molecule has 0 aliphatic heterocycles. The van der Waals surface area contributed by atoms with Crippen molar-refractivity contribution in [1.29, 1.82) is 0 Å². The molecule has 0 spiro atoms. The fourth-order valence-electron chi connectivity index (χ4n) is 2.58. The summed E-state index contributed by atoms with van der Waals surface area (Å²) in [7, 11) is 5.82. The largest absolute Gasteiger partial charge is 0.352 e. The Hall–Kier alpha value is -1.09. The molecular formula is C17H25BrIN5. The minimum Gasteiger partial charge on any atom is -0.352 e. The van der Waals surface area contributed by atoms with Crippen LogP contribution in [0, 0.1) is 13.8 Å². The van der Waals surface area contributed by atoms with E-state index in [1.54, 1.807) is 0 Å². The van der Waals surface area contributed by atoms with Crippen molar-refractivity contribution in [2.75, 3.05) is 14.1 Å². The Morgan fingerprint density at radius 3 is 2.54 bits per heavy atom. The first kappa shape index (κ1) is 21.0. The molecule has 0 bridgehead atoms. The van der Waals surface area contributed by atoms with E-state index in [9.17, 15) is 0 Å². The highest BCUT2D eigenvalue weighted by Crippen LogP contribution is 2.17. The molecule has 2 rings (SSSR count). The van der Waals surface area contributed by atoms with Gasteiger partial charge in [-0.05, 0) is 25.5 Å². The van der Waals surface area contributed by atoms with Crippen LogP contribution < -0.4 is 5.32 Å². The molecule has 0 atom stereocenters. The summed E-state index contributed by atoms with van der Waals surface area (Å²) in [6.07, 6.45) is 0. The Balaban J connectivity index is 0.00000288. The summed E-state index contributed by atoms with van der Waals surface area (Å²) in [5.74, 6) is 0.864. The predicted octanol–water partition coefficient (Wildman–Crippen LogP) is 3.62. The number of hydrogen-bond donors (Lipinski definition) is 1. The molecule has 0 aliphatic carbocycles. The number of aliphatic imine (C=N–C) groups is 1.